The lowest BCUT2D eigenvalue weighted by atomic mass is 10.1. The summed E-state index contributed by atoms with van der Waals surface area (Å²) in [6.07, 6.45) is 0. The quantitative estimate of drug-likeness (QED) is 0.795. The highest BCUT2D eigenvalue weighted by Gasteiger charge is 2.27. The average Bonchev–Trinajstić information content (AvgIpc) is 2.40. The van der Waals surface area contributed by atoms with Gasteiger partial charge in [-0.3, -0.25) is 0 Å². The molecule has 0 bridgehead atoms. The summed E-state index contributed by atoms with van der Waals surface area (Å²) in [5.41, 5.74) is 0.780. The molecule has 1 aliphatic rings. The molecular weight excluding hydrogens is 224 g/mol. The van der Waals surface area contributed by atoms with Gasteiger partial charge in [0.25, 0.3) is 0 Å². The number of halogens is 1. The lowest BCUT2D eigenvalue weighted by Crippen LogP contribution is -1.93. The molecule has 0 saturated heterocycles. The van der Waals surface area contributed by atoms with Gasteiger partial charge in [-0.05, 0) is 17.7 Å². The van der Waals surface area contributed by atoms with Crippen molar-refractivity contribution in [3.8, 4) is 0 Å². The van der Waals surface area contributed by atoms with E-state index in [0.717, 1.165) is 5.41 Å². The van der Waals surface area contributed by atoms with Crippen molar-refractivity contribution >= 4 is 27.0 Å². The van der Waals surface area contributed by atoms with E-state index in [2.05, 4.69) is 0 Å². The monoisotopic (exact) mass is 230 g/mol. The molecule has 0 amide bonds. The predicted molar refractivity (Wildman–Crippen MR) is 53.7 cm³/mol. The van der Waals surface area contributed by atoms with Crippen LogP contribution in [-0.2, 0) is 9.84 Å². The van der Waals surface area contributed by atoms with E-state index in [0.29, 0.717) is 16.2 Å². The molecular formula is C9H7ClO3S. The van der Waals surface area contributed by atoms with Crippen LogP contribution in [0.15, 0.2) is 28.5 Å². The van der Waals surface area contributed by atoms with Crippen LogP contribution in [0.1, 0.15) is 5.56 Å². The first-order chi connectivity index (χ1) is 6.56. The third-order valence-corrected chi connectivity index (χ3v) is 3.93. The summed E-state index contributed by atoms with van der Waals surface area (Å²) >= 11 is 5.85. The Labute approximate surface area is 86.6 Å². The van der Waals surface area contributed by atoms with Gasteiger partial charge in [-0.1, -0.05) is 17.7 Å². The number of aliphatic hydroxyl groups excluding tert-OH is 1. The summed E-state index contributed by atoms with van der Waals surface area (Å²) in [5.74, 6) is 0. The van der Waals surface area contributed by atoms with Gasteiger partial charge in [0.1, 0.15) is 0 Å². The molecule has 1 aromatic carbocycles. The summed E-state index contributed by atoms with van der Waals surface area (Å²) in [4.78, 5) is 0.175. The van der Waals surface area contributed by atoms with E-state index in [1.807, 2.05) is 0 Å². The molecule has 0 saturated carbocycles. The maximum atomic E-state index is 11.5. The van der Waals surface area contributed by atoms with E-state index >= 15 is 0 Å². The molecule has 0 aromatic heterocycles. The van der Waals surface area contributed by atoms with Crippen molar-refractivity contribution < 1.29 is 13.5 Å². The summed E-state index contributed by atoms with van der Waals surface area (Å²) in [7, 11) is -3.40. The summed E-state index contributed by atoms with van der Waals surface area (Å²) < 4.78 is 23.1. The van der Waals surface area contributed by atoms with Gasteiger partial charge >= 0.3 is 0 Å². The average molecular weight is 231 g/mol. The minimum Gasteiger partial charge on any atom is -0.392 e. The Morgan fingerprint density at radius 3 is 2.71 bits per heavy atom. The molecule has 2 rings (SSSR count). The van der Waals surface area contributed by atoms with Gasteiger partial charge in [0.15, 0.2) is 0 Å². The van der Waals surface area contributed by atoms with Crippen molar-refractivity contribution in [2.75, 3.05) is 6.61 Å². The molecule has 0 unspecified atom stereocenters. The molecule has 1 aromatic rings. The zero-order chi connectivity index (χ0) is 10.3. The first kappa shape index (κ1) is 9.71. The molecule has 1 N–H and O–H groups in total. The van der Waals surface area contributed by atoms with Gasteiger partial charge in [-0.25, -0.2) is 8.42 Å². The molecule has 0 atom stereocenters. The van der Waals surface area contributed by atoms with Gasteiger partial charge in [0, 0.05) is 16.0 Å². The van der Waals surface area contributed by atoms with Crippen LogP contribution < -0.4 is 0 Å². The topological polar surface area (TPSA) is 54.4 Å². The summed E-state index contributed by atoms with van der Waals surface area (Å²) in [5, 5.41) is 10.4. The molecule has 0 radical (unpaired) electrons. The molecule has 3 nitrogen and oxygen atoms in total. The number of hydrogen-bond acceptors (Lipinski definition) is 3. The summed E-state index contributed by atoms with van der Waals surface area (Å²) in [6.45, 7) is -0.323. The molecule has 14 heavy (non-hydrogen) atoms. The fourth-order valence-electron chi connectivity index (χ4n) is 1.48. The first-order valence-electron chi connectivity index (χ1n) is 3.91. The van der Waals surface area contributed by atoms with Crippen LogP contribution in [0, 0.1) is 0 Å². The molecule has 0 aliphatic carbocycles. The molecule has 1 heterocycles. The van der Waals surface area contributed by atoms with Gasteiger partial charge in [-0.15, -0.1) is 0 Å². The highest BCUT2D eigenvalue weighted by atomic mass is 35.5. The molecule has 74 valence electrons. The SMILES string of the molecule is O=S1(=O)C=C(CO)c2c(Cl)cccc21. The van der Waals surface area contributed by atoms with E-state index in [9.17, 15) is 8.42 Å². The summed E-state index contributed by atoms with van der Waals surface area (Å²) in [6, 6.07) is 4.66. The maximum Gasteiger partial charge on any atom is 0.200 e. The minimum atomic E-state index is -3.40. The number of aliphatic hydroxyl groups is 1. The normalized spacial score (nSPS) is 17.7. The Kier molecular flexibility index (Phi) is 2.14. The smallest absolute Gasteiger partial charge is 0.200 e. The second kappa shape index (κ2) is 3.08. The van der Waals surface area contributed by atoms with Crippen LogP contribution in [0.3, 0.4) is 0 Å². The van der Waals surface area contributed by atoms with Crippen molar-refractivity contribution in [1.29, 1.82) is 0 Å². The van der Waals surface area contributed by atoms with Crippen molar-refractivity contribution in [1.82, 2.24) is 0 Å². The van der Waals surface area contributed by atoms with Crippen LogP contribution in [0.25, 0.3) is 5.57 Å². The zero-order valence-electron chi connectivity index (χ0n) is 7.07. The van der Waals surface area contributed by atoms with E-state index in [1.165, 1.54) is 6.07 Å². The Bertz CT molecular complexity index is 517. The van der Waals surface area contributed by atoms with E-state index in [4.69, 9.17) is 16.7 Å². The first-order valence-corrected chi connectivity index (χ1v) is 5.84. The lowest BCUT2D eigenvalue weighted by molar-refractivity contribution is 0.350. The van der Waals surface area contributed by atoms with Gasteiger partial charge in [0.2, 0.25) is 9.84 Å². The Morgan fingerprint density at radius 1 is 1.36 bits per heavy atom. The second-order valence-electron chi connectivity index (χ2n) is 2.96. The number of hydrogen-bond donors (Lipinski definition) is 1. The largest absolute Gasteiger partial charge is 0.392 e. The minimum absolute atomic E-state index is 0.175. The highest BCUT2D eigenvalue weighted by molar-refractivity contribution is 7.95. The fraction of sp³-hybridized carbons (Fsp3) is 0.111. The second-order valence-corrected chi connectivity index (χ2v) is 5.13. The Balaban J connectivity index is 2.82. The molecule has 1 aliphatic heterocycles. The Morgan fingerprint density at radius 2 is 2.07 bits per heavy atom. The van der Waals surface area contributed by atoms with Crippen LogP contribution in [0.2, 0.25) is 5.02 Å². The van der Waals surface area contributed by atoms with E-state index in [-0.39, 0.29) is 11.5 Å². The third kappa shape index (κ3) is 1.27. The standard InChI is InChI=1S/C9H7ClO3S/c10-7-2-1-3-8-9(7)6(4-11)5-14(8,12)13/h1-3,5,11H,4H2. The molecule has 0 spiro atoms. The van der Waals surface area contributed by atoms with E-state index < -0.39 is 9.84 Å². The van der Waals surface area contributed by atoms with Crippen LogP contribution in [0.5, 0.6) is 0 Å². The lowest BCUT2D eigenvalue weighted by Gasteiger charge is -2.02. The highest BCUT2D eigenvalue weighted by Crippen LogP contribution is 2.37. The molecule has 0 fully saturated rings. The van der Waals surface area contributed by atoms with E-state index in [1.54, 1.807) is 12.1 Å². The zero-order valence-corrected chi connectivity index (χ0v) is 8.64. The fourth-order valence-corrected chi connectivity index (χ4v) is 3.32. The van der Waals surface area contributed by atoms with Crippen molar-refractivity contribution in [3.63, 3.8) is 0 Å². The number of sulfone groups is 1. The maximum absolute atomic E-state index is 11.5. The van der Waals surface area contributed by atoms with Crippen LogP contribution in [0.4, 0.5) is 0 Å². The third-order valence-electron chi connectivity index (χ3n) is 2.07. The number of fused-ring (bicyclic) bond motifs is 1. The van der Waals surface area contributed by atoms with Crippen molar-refractivity contribution in [2.24, 2.45) is 0 Å². The number of rotatable bonds is 1. The van der Waals surface area contributed by atoms with Gasteiger partial charge in [-0.2, -0.15) is 0 Å². The van der Waals surface area contributed by atoms with Gasteiger partial charge in [0.05, 0.1) is 11.5 Å². The van der Waals surface area contributed by atoms with Gasteiger partial charge < -0.3 is 5.11 Å². The van der Waals surface area contributed by atoms with Crippen molar-refractivity contribution in [2.45, 2.75) is 4.90 Å². The van der Waals surface area contributed by atoms with Crippen LogP contribution in [-0.4, -0.2) is 20.1 Å². The predicted octanol–water partition coefficient (Wildman–Crippen LogP) is 1.46. The molecule has 5 heteroatoms. The number of benzene rings is 1. The van der Waals surface area contributed by atoms with Crippen LogP contribution >= 0.6 is 11.6 Å². The Hall–Kier alpha value is -0.840. The van der Waals surface area contributed by atoms with Crippen molar-refractivity contribution in [3.05, 3.63) is 34.2 Å².